The molecular formula is C51H37N. The van der Waals surface area contributed by atoms with Crippen LogP contribution in [0.5, 0.6) is 0 Å². The van der Waals surface area contributed by atoms with E-state index < -0.39 is 0 Å². The molecule has 0 saturated heterocycles. The van der Waals surface area contributed by atoms with Crippen molar-refractivity contribution in [3.8, 4) is 44.5 Å². The van der Waals surface area contributed by atoms with Gasteiger partial charge in [-0.2, -0.15) is 0 Å². The molecule has 0 aromatic heterocycles. The second kappa shape index (κ2) is 12.1. The summed E-state index contributed by atoms with van der Waals surface area (Å²) in [5.74, 6) is 0.491. The van der Waals surface area contributed by atoms with Crippen LogP contribution in [0.15, 0.2) is 182 Å². The van der Waals surface area contributed by atoms with E-state index in [0.717, 1.165) is 17.1 Å². The lowest BCUT2D eigenvalue weighted by Crippen LogP contribution is -2.10. The van der Waals surface area contributed by atoms with Crippen LogP contribution in [-0.2, 0) is 0 Å². The third kappa shape index (κ3) is 4.85. The summed E-state index contributed by atoms with van der Waals surface area (Å²) in [4.78, 5) is 2.37. The molecule has 0 heterocycles. The van der Waals surface area contributed by atoms with E-state index >= 15 is 0 Å². The van der Waals surface area contributed by atoms with Gasteiger partial charge in [0, 0.05) is 17.1 Å². The van der Waals surface area contributed by atoms with Crippen LogP contribution >= 0.6 is 0 Å². The molecule has 10 rings (SSSR count). The van der Waals surface area contributed by atoms with Gasteiger partial charge in [0.2, 0.25) is 0 Å². The average molecular weight is 664 g/mol. The number of benzene rings is 9. The predicted octanol–water partition coefficient (Wildman–Crippen LogP) is 14.7. The van der Waals surface area contributed by atoms with E-state index in [9.17, 15) is 0 Å². The van der Waals surface area contributed by atoms with Crippen LogP contribution in [0.3, 0.4) is 0 Å². The first-order valence-corrected chi connectivity index (χ1v) is 18.3. The van der Waals surface area contributed by atoms with Gasteiger partial charge in [0.1, 0.15) is 0 Å². The minimum absolute atomic E-state index is 0.491. The molecule has 0 spiro atoms. The highest BCUT2D eigenvalue weighted by Gasteiger charge is 2.27. The Hall–Kier alpha value is -6.44. The van der Waals surface area contributed by atoms with Crippen LogP contribution in [0.25, 0.3) is 76.8 Å². The van der Waals surface area contributed by atoms with Crippen molar-refractivity contribution in [3.05, 3.63) is 188 Å². The van der Waals surface area contributed by atoms with E-state index in [0.29, 0.717) is 5.92 Å². The monoisotopic (exact) mass is 663 g/mol. The Morgan fingerprint density at radius 3 is 1.33 bits per heavy atom. The van der Waals surface area contributed by atoms with Gasteiger partial charge in [-0.1, -0.05) is 135 Å². The molecule has 0 atom stereocenters. The average Bonchev–Trinajstić information content (AvgIpc) is 3.20. The number of hydrogen-bond acceptors (Lipinski definition) is 1. The van der Waals surface area contributed by atoms with Gasteiger partial charge >= 0.3 is 0 Å². The fourth-order valence-electron chi connectivity index (χ4n) is 8.34. The molecule has 1 heteroatoms. The smallest absolute Gasteiger partial charge is 0.0468 e. The van der Waals surface area contributed by atoms with Crippen LogP contribution in [0.4, 0.5) is 17.1 Å². The molecule has 0 bridgehead atoms. The first kappa shape index (κ1) is 30.4. The molecule has 1 nitrogen and oxygen atoms in total. The largest absolute Gasteiger partial charge is 0.310 e. The second-order valence-electron chi connectivity index (χ2n) is 14.3. The predicted molar refractivity (Wildman–Crippen MR) is 223 cm³/mol. The Morgan fingerprint density at radius 1 is 0.346 bits per heavy atom. The highest BCUT2D eigenvalue weighted by Crippen LogP contribution is 2.54. The highest BCUT2D eigenvalue weighted by atomic mass is 15.1. The van der Waals surface area contributed by atoms with Crippen molar-refractivity contribution >= 4 is 49.4 Å². The number of fused-ring (bicyclic) bond motifs is 7. The van der Waals surface area contributed by atoms with Gasteiger partial charge < -0.3 is 4.90 Å². The third-order valence-corrected chi connectivity index (χ3v) is 10.9. The maximum absolute atomic E-state index is 2.47. The number of rotatable bonds is 6. The molecule has 9 aromatic carbocycles. The summed E-state index contributed by atoms with van der Waals surface area (Å²) in [6.07, 6.45) is 0. The van der Waals surface area contributed by atoms with Gasteiger partial charge in [-0.05, 0) is 149 Å². The second-order valence-corrected chi connectivity index (χ2v) is 14.3. The van der Waals surface area contributed by atoms with E-state index in [4.69, 9.17) is 0 Å². The van der Waals surface area contributed by atoms with Crippen LogP contribution in [0, 0.1) is 0 Å². The number of para-hydroxylation sites is 1. The Morgan fingerprint density at radius 2 is 0.788 bits per heavy atom. The molecule has 52 heavy (non-hydrogen) atoms. The minimum atomic E-state index is 0.491. The molecule has 9 aromatic rings. The quantitative estimate of drug-likeness (QED) is 0.160. The van der Waals surface area contributed by atoms with Gasteiger partial charge in [0.15, 0.2) is 0 Å². The molecular weight excluding hydrogens is 627 g/mol. The topological polar surface area (TPSA) is 3.24 Å². The first-order chi connectivity index (χ1) is 25.6. The van der Waals surface area contributed by atoms with Crippen molar-refractivity contribution in [1.29, 1.82) is 0 Å². The maximum Gasteiger partial charge on any atom is 0.0468 e. The van der Waals surface area contributed by atoms with Gasteiger partial charge in [-0.25, -0.2) is 0 Å². The summed E-state index contributed by atoms with van der Waals surface area (Å²) in [5.41, 5.74) is 15.2. The number of hydrogen-bond donors (Lipinski definition) is 0. The number of nitrogens with zero attached hydrogens (tertiary/aromatic N) is 1. The minimum Gasteiger partial charge on any atom is -0.310 e. The van der Waals surface area contributed by atoms with Crippen LogP contribution < -0.4 is 4.90 Å². The van der Waals surface area contributed by atoms with Crippen LogP contribution in [0.1, 0.15) is 25.3 Å². The summed E-state index contributed by atoms with van der Waals surface area (Å²) in [5, 5.41) is 7.65. The summed E-state index contributed by atoms with van der Waals surface area (Å²) >= 11 is 0. The molecule has 0 unspecified atom stereocenters. The summed E-state index contributed by atoms with van der Waals surface area (Å²) < 4.78 is 0. The Kier molecular flexibility index (Phi) is 7.08. The van der Waals surface area contributed by atoms with E-state index in [1.165, 1.54) is 82.4 Å². The molecule has 0 aliphatic heterocycles. The molecule has 246 valence electrons. The van der Waals surface area contributed by atoms with E-state index in [-0.39, 0.29) is 0 Å². The zero-order chi connectivity index (χ0) is 34.8. The Balaban J connectivity index is 1.17. The lowest BCUT2D eigenvalue weighted by molar-refractivity contribution is 0.866. The van der Waals surface area contributed by atoms with Crippen LogP contribution in [0.2, 0.25) is 0 Å². The van der Waals surface area contributed by atoms with Crippen molar-refractivity contribution in [3.63, 3.8) is 0 Å². The lowest BCUT2D eigenvalue weighted by Gasteiger charge is -2.29. The molecule has 0 saturated carbocycles. The summed E-state index contributed by atoms with van der Waals surface area (Å²) in [6, 6.07) is 67.1. The van der Waals surface area contributed by atoms with Crippen molar-refractivity contribution < 1.29 is 0 Å². The highest BCUT2D eigenvalue weighted by molar-refractivity contribution is 6.24. The SMILES string of the molecule is CC(C)c1ccc(N(c2ccccc2)c2ccc3cc4c(cc3c2)-c2cc3c(-c5ccccc5)c5ccccc5c(-c5ccccc5)c3cc2-4)cc1. The van der Waals surface area contributed by atoms with Crippen molar-refractivity contribution in [2.75, 3.05) is 4.90 Å². The zero-order valence-electron chi connectivity index (χ0n) is 29.3. The maximum atomic E-state index is 2.47. The van der Waals surface area contributed by atoms with Crippen molar-refractivity contribution in [1.82, 2.24) is 0 Å². The molecule has 0 N–H and O–H groups in total. The number of anilines is 3. The zero-order valence-corrected chi connectivity index (χ0v) is 29.3. The molecule has 0 radical (unpaired) electrons. The van der Waals surface area contributed by atoms with Gasteiger partial charge in [0.25, 0.3) is 0 Å². The fourth-order valence-corrected chi connectivity index (χ4v) is 8.34. The molecule has 1 aliphatic carbocycles. The van der Waals surface area contributed by atoms with Crippen LogP contribution in [-0.4, -0.2) is 0 Å². The molecule has 1 aliphatic rings. The van der Waals surface area contributed by atoms with Gasteiger partial charge in [-0.3, -0.25) is 0 Å². The third-order valence-electron chi connectivity index (χ3n) is 10.9. The Labute approximate surface area is 305 Å². The van der Waals surface area contributed by atoms with Crippen molar-refractivity contribution in [2.45, 2.75) is 19.8 Å². The molecule has 0 amide bonds. The van der Waals surface area contributed by atoms with E-state index in [1.807, 2.05) is 0 Å². The van der Waals surface area contributed by atoms with Gasteiger partial charge in [-0.15, -0.1) is 0 Å². The van der Waals surface area contributed by atoms with E-state index in [2.05, 4.69) is 201 Å². The summed E-state index contributed by atoms with van der Waals surface area (Å²) in [6.45, 7) is 4.49. The standard InChI is InChI=1S/C51H37N/c1-33(2)34-22-25-40(26-23-34)52(39-18-10-5-11-19-39)41-27-24-37-29-44-45(30-38(37)28-41)47-32-49-48(31-46(44)47)50(35-14-6-3-7-15-35)42-20-12-13-21-43(42)51(49)36-16-8-4-9-17-36/h3-33H,1-2H3. The normalized spacial score (nSPS) is 11.8. The summed E-state index contributed by atoms with van der Waals surface area (Å²) in [7, 11) is 0. The van der Waals surface area contributed by atoms with Crippen molar-refractivity contribution in [2.24, 2.45) is 0 Å². The Bertz CT molecular complexity index is 2780. The lowest BCUT2D eigenvalue weighted by atomic mass is 9.75. The van der Waals surface area contributed by atoms with E-state index in [1.54, 1.807) is 0 Å². The fraction of sp³-hybridized carbons (Fsp3) is 0.0588. The first-order valence-electron chi connectivity index (χ1n) is 18.3. The van der Waals surface area contributed by atoms with Gasteiger partial charge in [0.05, 0.1) is 0 Å². The molecule has 0 fully saturated rings.